The summed E-state index contributed by atoms with van der Waals surface area (Å²) >= 11 is 0. The number of hydrogen-bond donors (Lipinski definition) is 0. The van der Waals surface area contributed by atoms with E-state index < -0.39 is 0 Å². The molecule has 2 heterocycles. The molecule has 4 heteroatoms. The van der Waals surface area contributed by atoms with Crippen LogP contribution in [0.25, 0.3) is 10.9 Å². The fourth-order valence-electron chi connectivity index (χ4n) is 3.70. The van der Waals surface area contributed by atoms with Gasteiger partial charge in [-0.15, -0.1) is 0 Å². The summed E-state index contributed by atoms with van der Waals surface area (Å²) < 4.78 is 13.1. The van der Waals surface area contributed by atoms with Crippen molar-refractivity contribution in [1.29, 1.82) is 0 Å². The lowest BCUT2D eigenvalue weighted by atomic mass is 10.1. The Morgan fingerprint density at radius 3 is 2.62 bits per heavy atom. The van der Waals surface area contributed by atoms with Crippen LogP contribution in [-0.2, 0) is 6.54 Å². The van der Waals surface area contributed by atoms with Crippen molar-refractivity contribution in [3.63, 3.8) is 0 Å². The molecule has 2 aromatic carbocycles. The van der Waals surface area contributed by atoms with Gasteiger partial charge in [-0.05, 0) is 48.7 Å². The van der Waals surface area contributed by atoms with Crippen molar-refractivity contribution < 1.29 is 4.39 Å². The minimum absolute atomic E-state index is 0.173. The molecule has 1 aliphatic heterocycles. The van der Waals surface area contributed by atoms with Gasteiger partial charge in [0.15, 0.2) is 0 Å². The third-order valence-electron chi connectivity index (χ3n) is 5.14. The second-order valence-electron chi connectivity index (χ2n) is 7.06. The van der Waals surface area contributed by atoms with Crippen molar-refractivity contribution in [3.8, 4) is 0 Å². The number of aromatic nitrogens is 1. The molecule has 134 valence electrons. The standard InChI is InChI=1S/C22H24FN3/c1-17-15-22(24-21-6-3-2-5-20(17)21)26-12-4-11-25(13-14-26)16-18-7-9-19(23)10-8-18/h2-3,5-10,15H,4,11-14,16H2,1H3. The van der Waals surface area contributed by atoms with Gasteiger partial charge in [-0.25, -0.2) is 9.37 Å². The van der Waals surface area contributed by atoms with E-state index in [1.807, 2.05) is 18.2 Å². The first-order valence-electron chi connectivity index (χ1n) is 9.27. The van der Waals surface area contributed by atoms with E-state index in [4.69, 9.17) is 4.98 Å². The van der Waals surface area contributed by atoms with E-state index in [0.29, 0.717) is 0 Å². The van der Waals surface area contributed by atoms with Crippen LogP contribution in [0, 0.1) is 12.7 Å². The van der Waals surface area contributed by atoms with Crippen molar-refractivity contribution in [3.05, 3.63) is 71.5 Å². The molecule has 1 aromatic heterocycles. The van der Waals surface area contributed by atoms with E-state index in [9.17, 15) is 4.39 Å². The highest BCUT2D eigenvalue weighted by atomic mass is 19.1. The predicted octanol–water partition coefficient (Wildman–Crippen LogP) is 4.39. The first kappa shape index (κ1) is 17.0. The number of halogens is 1. The highest BCUT2D eigenvalue weighted by Crippen LogP contribution is 2.23. The SMILES string of the molecule is Cc1cc(N2CCCN(Cc3ccc(F)cc3)CC2)nc2ccccc12. The third-order valence-corrected chi connectivity index (χ3v) is 5.14. The zero-order valence-corrected chi connectivity index (χ0v) is 15.2. The summed E-state index contributed by atoms with van der Waals surface area (Å²) in [6, 6.07) is 17.4. The molecule has 0 saturated carbocycles. The zero-order valence-electron chi connectivity index (χ0n) is 15.2. The van der Waals surface area contributed by atoms with Crippen molar-refractivity contribution in [2.45, 2.75) is 19.9 Å². The average Bonchev–Trinajstić information content (AvgIpc) is 2.89. The summed E-state index contributed by atoms with van der Waals surface area (Å²) in [5.41, 5.74) is 3.51. The summed E-state index contributed by atoms with van der Waals surface area (Å²) in [6.07, 6.45) is 1.11. The summed E-state index contributed by atoms with van der Waals surface area (Å²) in [6.45, 7) is 7.06. The molecule has 0 radical (unpaired) electrons. The number of nitrogens with zero attached hydrogens (tertiary/aromatic N) is 3. The Labute approximate surface area is 154 Å². The van der Waals surface area contributed by atoms with Crippen LogP contribution in [0.1, 0.15) is 17.5 Å². The minimum Gasteiger partial charge on any atom is -0.355 e. The minimum atomic E-state index is -0.173. The molecule has 3 aromatic rings. The molecule has 0 N–H and O–H groups in total. The number of aryl methyl sites for hydroxylation is 1. The fraction of sp³-hybridized carbons (Fsp3) is 0.318. The van der Waals surface area contributed by atoms with E-state index >= 15 is 0 Å². The Bertz CT molecular complexity index is 892. The third kappa shape index (κ3) is 3.70. The second kappa shape index (κ2) is 7.42. The monoisotopic (exact) mass is 349 g/mol. The highest BCUT2D eigenvalue weighted by molar-refractivity contribution is 5.83. The van der Waals surface area contributed by atoms with Gasteiger partial charge >= 0.3 is 0 Å². The van der Waals surface area contributed by atoms with Crippen molar-refractivity contribution in [2.75, 3.05) is 31.1 Å². The van der Waals surface area contributed by atoms with Gasteiger partial charge in [0, 0.05) is 38.1 Å². The second-order valence-corrected chi connectivity index (χ2v) is 7.06. The molecule has 0 atom stereocenters. The van der Waals surface area contributed by atoms with Gasteiger partial charge in [0.1, 0.15) is 11.6 Å². The summed E-state index contributed by atoms with van der Waals surface area (Å²) in [5.74, 6) is 0.901. The van der Waals surface area contributed by atoms with Gasteiger partial charge in [0.25, 0.3) is 0 Å². The smallest absolute Gasteiger partial charge is 0.129 e. The molecule has 0 aliphatic carbocycles. The summed E-state index contributed by atoms with van der Waals surface area (Å²) in [7, 11) is 0. The van der Waals surface area contributed by atoms with E-state index in [2.05, 4.69) is 41.0 Å². The van der Waals surface area contributed by atoms with Gasteiger partial charge < -0.3 is 4.90 Å². The van der Waals surface area contributed by atoms with Crippen LogP contribution in [0.15, 0.2) is 54.6 Å². The van der Waals surface area contributed by atoms with E-state index in [1.54, 1.807) is 12.1 Å². The Morgan fingerprint density at radius 2 is 1.77 bits per heavy atom. The molecule has 1 saturated heterocycles. The topological polar surface area (TPSA) is 19.4 Å². The van der Waals surface area contributed by atoms with Crippen LogP contribution < -0.4 is 4.90 Å². The molecule has 0 spiro atoms. The largest absolute Gasteiger partial charge is 0.355 e. The van der Waals surface area contributed by atoms with Gasteiger partial charge in [0.05, 0.1) is 5.52 Å². The van der Waals surface area contributed by atoms with Gasteiger partial charge in [0.2, 0.25) is 0 Å². The predicted molar refractivity (Wildman–Crippen MR) is 105 cm³/mol. The Morgan fingerprint density at radius 1 is 0.962 bits per heavy atom. The number of rotatable bonds is 3. The lowest BCUT2D eigenvalue weighted by Crippen LogP contribution is -2.31. The van der Waals surface area contributed by atoms with Gasteiger partial charge in [-0.1, -0.05) is 30.3 Å². The quantitative estimate of drug-likeness (QED) is 0.699. The molecule has 0 amide bonds. The number of fused-ring (bicyclic) bond motifs is 1. The highest BCUT2D eigenvalue weighted by Gasteiger charge is 2.17. The molecule has 0 bridgehead atoms. The van der Waals surface area contributed by atoms with Crippen LogP contribution in [0.4, 0.5) is 10.2 Å². The Kier molecular flexibility index (Phi) is 4.85. The molecule has 3 nitrogen and oxygen atoms in total. The molecular formula is C22H24FN3. The number of anilines is 1. The molecule has 26 heavy (non-hydrogen) atoms. The van der Waals surface area contributed by atoms with Crippen molar-refractivity contribution in [1.82, 2.24) is 9.88 Å². The number of hydrogen-bond acceptors (Lipinski definition) is 3. The van der Waals surface area contributed by atoms with E-state index in [0.717, 1.165) is 50.5 Å². The van der Waals surface area contributed by atoms with Crippen molar-refractivity contribution >= 4 is 16.7 Å². The van der Waals surface area contributed by atoms with Gasteiger partial charge in [-0.2, -0.15) is 0 Å². The van der Waals surface area contributed by atoms with Crippen LogP contribution in [0.5, 0.6) is 0 Å². The maximum atomic E-state index is 13.1. The first-order chi connectivity index (χ1) is 12.7. The summed E-state index contributed by atoms with van der Waals surface area (Å²) in [4.78, 5) is 9.72. The zero-order chi connectivity index (χ0) is 17.9. The molecule has 1 aliphatic rings. The number of pyridine rings is 1. The lowest BCUT2D eigenvalue weighted by Gasteiger charge is -2.23. The van der Waals surface area contributed by atoms with Crippen LogP contribution in [-0.4, -0.2) is 36.1 Å². The normalized spacial score (nSPS) is 16.0. The van der Waals surface area contributed by atoms with E-state index in [1.165, 1.54) is 16.5 Å². The lowest BCUT2D eigenvalue weighted by molar-refractivity contribution is 0.285. The maximum Gasteiger partial charge on any atom is 0.129 e. The fourth-order valence-corrected chi connectivity index (χ4v) is 3.70. The number of benzene rings is 2. The van der Waals surface area contributed by atoms with E-state index in [-0.39, 0.29) is 5.82 Å². The average molecular weight is 349 g/mol. The Hall–Kier alpha value is -2.46. The molecule has 0 unspecified atom stereocenters. The maximum absolute atomic E-state index is 13.1. The van der Waals surface area contributed by atoms with Crippen molar-refractivity contribution in [2.24, 2.45) is 0 Å². The molecule has 4 rings (SSSR count). The molecular weight excluding hydrogens is 325 g/mol. The van der Waals surface area contributed by atoms with Gasteiger partial charge in [-0.3, -0.25) is 4.90 Å². The van der Waals surface area contributed by atoms with Crippen LogP contribution in [0.3, 0.4) is 0 Å². The first-order valence-corrected chi connectivity index (χ1v) is 9.27. The van der Waals surface area contributed by atoms with Crippen LogP contribution in [0.2, 0.25) is 0 Å². The Balaban J connectivity index is 1.47. The molecule has 1 fully saturated rings. The van der Waals surface area contributed by atoms with Crippen LogP contribution >= 0.6 is 0 Å². The number of para-hydroxylation sites is 1. The summed E-state index contributed by atoms with van der Waals surface area (Å²) in [5, 5.41) is 1.23.